The molecule has 1 amide bonds. The number of carbonyl (C=O) groups excluding carboxylic acids is 1. The topological polar surface area (TPSA) is 75.3 Å². The van der Waals surface area contributed by atoms with Gasteiger partial charge in [-0.05, 0) is 50.5 Å². The van der Waals surface area contributed by atoms with Crippen LogP contribution in [-0.4, -0.2) is 54.9 Å². The van der Waals surface area contributed by atoms with Crippen molar-refractivity contribution in [1.82, 2.24) is 5.32 Å². The van der Waals surface area contributed by atoms with Gasteiger partial charge in [-0.2, -0.15) is 0 Å². The monoisotopic (exact) mass is 565 g/mol. The highest BCUT2D eigenvalue weighted by Gasteiger charge is 2.58. The molecule has 0 aromatic heterocycles. The van der Waals surface area contributed by atoms with Crippen molar-refractivity contribution < 1.29 is 37.3 Å². The normalized spacial score (nSPS) is 29.8. The highest BCUT2D eigenvalue weighted by atomic mass is 35.5. The molecule has 1 aliphatic carbocycles. The fraction of sp³-hybridized carbons (Fsp3) is 0.552. The zero-order valence-electron chi connectivity index (χ0n) is 22.1. The van der Waals surface area contributed by atoms with Crippen LogP contribution < -0.4 is 5.32 Å². The molecule has 10 heteroatoms. The quantitative estimate of drug-likeness (QED) is 0.458. The van der Waals surface area contributed by atoms with Crippen LogP contribution in [0.1, 0.15) is 50.7 Å². The predicted molar refractivity (Wildman–Crippen MR) is 139 cm³/mol. The van der Waals surface area contributed by atoms with Crippen LogP contribution in [0.15, 0.2) is 42.5 Å². The summed E-state index contributed by atoms with van der Waals surface area (Å²) in [5.41, 5.74) is -0.403. The number of ether oxygens (including phenoxy) is 5. The van der Waals surface area contributed by atoms with Gasteiger partial charge in [-0.25, -0.2) is 8.78 Å². The molecule has 1 N–H and O–H groups in total. The Bertz CT molecular complexity index is 1180. The molecule has 3 fully saturated rings. The second-order valence-corrected chi connectivity index (χ2v) is 11.3. The molecular weight excluding hydrogens is 532 g/mol. The van der Waals surface area contributed by atoms with Gasteiger partial charge in [0.1, 0.15) is 17.7 Å². The number of rotatable bonds is 9. The van der Waals surface area contributed by atoms with Crippen molar-refractivity contribution in [2.45, 2.75) is 88.5 Å². The maximum Gasteiger partial charge on any atom is 0.252 e. The largest absolute Gasteiger partial charge is 0.376 e. The lowest BCUT2D eigenvalue weighted by Crippen LogP contribution is -2.60. The molecule has 5 atom stereocenters. The van der Waals surface area contributed by atoms with Gasteiger partial charge in [0.05, 0.1) is 31.5 Å². The molecule has 1 saturated carbocycles. The van der Waals surface area contributed by atoms with Gasteiger partial charge in [0.2, 0.25) is 0 Å². The van der Waals surface area contributed by atoms with E-state index in [4.69, 9.17) is 35.3 Å². The molecule has 5 rings (SSSR count). The van der Waals surface area contributed by atoms with Gasteiger partial charge >= 0.3 is 0 Å². The zero-order chi connectivity index (χ0) is 27.6. The molecule has 0 bridgehead atoms. The fourth-order valence-electron chi connectivity index (χ4n) is 5.57. The second kappa shape index (κ2) is 11.8. The molecule has 212 valence electrons. The summed E-state index contributed by atoms with van der Waals surface area (Å²) in [7, 11) is 0. The Morgan fingerprint density at radius 2 is 1.97 bits per heavy atom. The van der Waals surface area contributed by atoms with Crippen LogP contribution in [0.5, 0.6) is 0 Å². The Kier molecular flexibility index (Phi) is 8.56. The SMILES string of the molecule is CC1(C)O[C@H]2[C@@H](OCc3cccc(Cl)c3)C[C@](OCc3ccc(F)cc3F)(C(=O)NC[C@@H]3CCCO3)C[C@H]2O1. The average Bonchev–Trinajstić information content (AvgIpc) is 3.51. The number of carbonyl (C=O) groups is 1. The van der Waals surface area contributed by atoms with Crippen LogP contribution >= 0.6 is 11.6 Å². The first-order valence-electron chi connectivity index (χ1n) is 13.3. The number of amides is 1. The fourth-order valence-corrected chi connectivity index (χ4v) is 5.78. The summed E-state index contributed by atoms with van der Waals surface area (Å²) >= 11 is 6.15. The molecule has 0 spiro atoms. The summed E-state index contributed by atoms with van der Waals surface area (Å²) in [6, 6.07) is 10.6. The lowest BCUT2D eigenvalue weighted by molar-refractivity contribution is -0.184. The van der Waals surface area contributed by atoms with Crippen molar-refractivity contribution in [2.75, 3.05) is 13.2 Å². The predicted octanol–water partition coefficient (Wildman–Crippen LogP) is 5.07. The maximum absolute atomic E-state index is 14.5. The average molecular weight is 566 g/mol. The van der Waals surface area contributed by atoms with E-state index in [0.717, 1.165) is 30.5 Å². The van der Waals surface area contributed by atoms with Crippen LogP contribution in [0.2, 0.25) is 5.02 Å². The zero-order valence-corrected chi connectivity index (χ0v) is 22.8. The molecule has 2 aliphatic heterocycles. The molecule has 7 nitrogen and oxygen atoms in total. The highest BCUT2D eigenvalue weighted by Crippen LogP contribution is 2.44. The van der Waals surface area contributed by atoms with Crippen molar-refractivity contribution in [3.8, 4) is 0 Å². The molecule has 2 heterocycles. The van der Waals surface area contributed by atoms with E-state index in [-0.39, 0.29) is 43.6 Å². The number of fused-ring (bicyclic) bond motifs is 1. The Morgan fingerprint density at radius 3 is 2.72 bits per heavy atom. The molecule has 0 radical (unpaired) electrons. The Morgan fingerprint density at radius 1 is 1.13 bits per heavy atom. The third kappa shape index (κ3) is 6.78. The molecule has 2 saturated heterocycles. The van der Waals surface area contributed by atoms with Gasteiger partial charge in [-0.15, -0.1) is 0 Å². The summed E-state index contributed by atoms with van der Waals surface area (Å²) < 4.78 is 58.7. The van der Waals surface area contributed by atoms with E-state index in [9.17, 15) is 13.6 Å². The smallest absolute Gasteiger partial charge is 0.252 e. The Hall–Kier alpha value is -2.14. The first kappa shape index (κ1) is 28.4. The molecule has 0 unspecified atom stereocenters. The van der Waals surface area contributed by atoms with Crippen LogP contribution in [0.3, 0.4) is 0 Å². The van der Waals surface area contributed by atoms with Crippen molar-refractivity contribution in [2.24, 2.45) is 0 Å². The number of hydrogen-bond donors (Lipinski definition) is 1. The Labute approximate surface area is 232 Å². The minimum atomic E-state index is -1.41. The third-order valence-corrected chi connectivity index (χ3v) is 7.69. The first-order valence-corrected chi connectivity index (χ1v) is 13.7. The van der Waals surface area contributed by atoms with E-state index in [1.165, 1.54) is 6.07 Å². The van der Waals surface area contributed by atoms with E-state index >= 15 is 0 Å². The summed E-state index contributed by atoms with van der Waals surface area (Å²) in [5, 5.41) is 3.58. The molecule has 2 aromatic rings. The molecular formula is C29H34ClF2NO6. The molecule has 3 aliphatic rings. The van der Waals surface area contributed by atoms with E-state index in [1.54, 1.807) is 6.07 Å². The molecule has 39 heavy (non-hydrogen) atoms. The first-order chi connectivity index (χ1) is 18.6. The third-order valence-electron chi connectivity index (χ3n) is 7.45. The number of nitrogens with one attached hydrogen (secondary N) is 1. The van der Waals surface area contributed by atoms with E-state index in [2.05, 4.69) is 5.32 Å². The van der Waals surface area contributed by atoms with Crippen molar-refractivity contribution in [1.29, 1.82) is 0 Å². The van der Waals surface area contributed by atoms with Crippen LogP contribution in [0.25, 0.3) is 0 Å². The Balaban J connectivity index is 1.40. The van der Waals surface area contributed by atoms with Gasteiger partial charge in [0.15, 0.2) is 11.4 Å². The number of hydrogen-bond acceptors (Lipinski definition) is 6. The second-order valence-electron chi connectivity index (χ2n) is 10.9. The summed E-state index contributed by atoms with van der Waals surface area (Å²) in [4.78, 5) is 13.8. The van der Waals surface area contributed by atoms with Crippen LogP contribution in [-0.2, 0) is 41.7 Å². The standard InChI is InChI=1S/C29H34ClF2NO6/c1-28(2)38-25-14-29(27(34)33-15-22-7-4-10-35-22,37-17-19-8-9-21(31)12-23(19)32)13-24(26(25)39-28)36-16-18-5-3-6-20(30)11-18/h3,5-6,8-9,11-12,22,24-26H,4,7,10,13-17H2,1-2H3,(H,33,34)/t22-,24-,25+,26-,29+/m0/s1. The maximum atomic E-state index is 14.5. The summed E-state index contributed by atoms with van der Waals surface area (Å²) in [5.74, 6) is -2.67. The van der Waals surface area contributed by atoms with E-state index in [1.807, 2.05) is 32.0 Å². The van der Waals surface area contributed by atoms with Gasteiger partial charge < -0.3 is 29.0 Å². The lowest BCUT2D eigenvalue weighted by atomic mass is 9.78. The van der Waals surface area contributed by atoms with E-state index < -0.39 is 41.3 Å². The van der Waals surface area contributed by atoms with Gasteiger partial charge in [0, 0.05) is 42.6 Å². The van der Waals surface area contributed by atoms with Crippen molar-refractivity contribution in [3.63, 3.8) is 0 Å². The van der Waals surface area contributed by atoms with Crippen LogP contribution in [0.4, 0.5) is 8.78 Å². The highest BCUT2D eigenvalue weighted by molar-refractivity contribution is 6.30. The van der Waals surface area contributed by atoms with Gasteiger partial charge in [-0.3, -0.25) is 4.79 Å². The van der Waals surface area contributed by atoms with E-state index in [0.29, 0.717) is 18.2 Å². The van der Waals surface area contributed by atoms with Crippen molar-refractivity contribution in [3.05, 3.63) is 70.2 Å². The minimum absolute atomic E-state index is 0.0724. The van der Waals surface area contributed by atoms with Crippen LogP contribution in [0, 0.1) is 11.6 Å². The minimum Gasteiger partial charge on any atom is -0.376 e. The van der Waals surface area contributed by atoms with Gasteiger partial charge in [0.25, 0.3) is 5.91 Å². The summed E-state index contributed by atoms with van der Waals surface area (Å²) in [6.07, 6.45) is 0.528. The molecule has 2 aromatic carbocycles. The van der Waals surface area contributed by atoms with Gasteiger partial charge in [-0.1, -0.05) is 29.8 Å². The summed E-state index contributed by atoms with van der Waals surface area (Å²) in [6.45, 7) is 4.62. The number of benzene rings is 2. The lowest BCUT2D eigenvalue weighted by Gasteiger charge is -2.43. The van der Waals surface area contributed by atoms with Crippen molar-refractivity contribution >= 4 is 17.5 Å². The number of halogens is 3.